The highest BCUT2D eigenvalue weighted by molar-refractivity contribution is 7.13. The van der Waals surface area contributed by atoms with Gasteiger partial charge < -0.3 is 41.7 Å². The smallest absolute Gasteiger partial charge is 0.354 e. The summed E-state index contributed by atoms with van der Waals surface area (Å²) in [6.45, 7) is 7.04. The first-order chi connectivity index (χ1) is 21.8. The van der Waals surface area contributed by atoms with Crippen LogP contribution < -0.4 is 31.7 Å². The molecule has 4 heterocycles. The zero-order valence-corrected chi connectivity index (χ0v) is 26.9. The van der Waals surface area contributed by atoms with Crippen molar-refractivity contribution in [3.05, 3.63) is 40.4 Å². The van der Waals surface area contributed by atoms with Gasteiger partial charge in [0.1, 0.15) is 23.3 Å². The van der Waals surface area contributed by atoms with Gasteiger partial charge in [0.15, 0.2) is 16.9 Å². The number of rotatable bonds is 9. The van der Waals surface area contributed by atoms with E-state index < -0.39 is 35.2 Å². The van der Waals surface area contributed by atoms with E-state index in [9.17, 15) is 19.5 Å². The van der Waals surface area contributed by atoms with Crippen molar-refractivity contribution in [3.8, 4) is 5.75 Å². The first kappa shape index (κ1) is 31.7. The molecular formula is C31H40N8O6S. The molecule has 15 heteroatoms. The second-order valence-electron chi connectivity index (χ2n) is 13.5. The summed E-state index contributed by atoms with van der Waals surface area (Å²) in [5, 5.41) is 36.7. The zero-order chi connectivity index (χ0) is 32.9. The molecule has 1 saturated carbocycles. The highest BCUT2D eigenvalue weighted by atomic mass is 32.1. The van der Waals surface area contributed by atoms with Crippen molar-refractivity contribution in [2.24, 2.45) is 10.6 Å². The maximum absolute atomic E-state index is 13.3. The molecule has 0 unspecified atom stereocenters. The molecule has 3 aliphatic heterocycles. The van der Waals surface area contributed by atoms with Gasteiger partial charge in [-0.3, -0.25) is 15.0 Å². The number of anilines is 1. The molecule has 1 aromatic heterocycles. The van der Waals surface area contributed by atoms with Crippen LogP contribution in [0.15, 0.2) is 28.7 Å². The van der Waals surface area contributed by atoms with Gasteiger partial charge in [0, 0.05) is 30.1 Å². The van der Waals surface area contributed by atoms with E-state index in [1.54, 1.807) is 26.0 Å². The van der Waals surface area contributed by atoms with Crippen molar-refractivity contribution in [1.82, 2.24) is 26.3 Å². The van der Waals surface area contributed by atoms with Crippen LogP contribution in [0.4, 0.5) is 5.13 Å². The highest BCUT2D eigenvalue weighted by Gasteiger charge is 2.50. The van der Waals surface area contributed by atoms with Gasteiger partial charge in [-0.05, 0) is 88.5 Å². The van der Waals surface area contributed by atoms with Crippen LogP contribution in [0.5, 0.6) is 5.75 Å². The van der Waals surface area contributed by atoms with E-state index in [-0.39, 0.29) is 34.9 Å². The molecule has 14 nitrogen and oxygen atoms in total. The van der Waals surface area contributed by atoms with E-state index in [0.29, 0.717) is 23.4 Å². The molecule has 3 atom stereocenters. The fourth-order valence-corrected chi connectivity index (χ4v) is 7.11. The van der Waals surface area contributed by atoms with E-state index in [2.05, 4.69) is 31.4 Å². The SMILES string of the molecule is CC1(C)NC(=O)[C@H]1NC(=O)/C(=N\O[C@](C)(C(=O)O)[C@H]1CCc2cc(C(=N)NC3CCC4(CC3)CNC4)ccc2O1)c1csc(N)n1. The lowest BCUT2D eigenvalue weighted by atomic mass is 9.68. The molecule has 1 aromatic carbocycles. The van der Waals surface area contributed by atoms with Crippen molar-refractivity contribution in [3.63, 3.8) is 0 Å². The number of amidine groups is 1. The number of aromatic nitrogens is 1. The monoisotopic (exact) mass is 652 g/mol. The van der Waals surface area contributed by atoms with Crippen LogP contribution in [0.25, 0.3) is 0 Å². The number of nitrogen functional groups attached to an aromatic ring is 1. The van der Waals surface area contributed by atoms with Crippen LogP contribution in [0, 0.1) is 10.8 Å². The molecule has 46 heavy (non-hydrogen) atoms. The van der Waals surface area contributed by atoms with Crippen LogP contribution >= 0.6 is 11.3 Å². The minimum absolute atomic E-state index is 0.0801. The van der Waals surface area contributed by atoms with Gasteiger partial charge >= 0.3 is 5.97 Å². The number of amides is 2. The average molecular weight is 653 g/mol. The number of nitrogens with two attached hydrogens (primary N) is 1. The number of hydrogen-bond acceptors (Lipinski definition) is 11. The van der Waals surface area contributed by atoms with Crippen LogP contribution in [-0.4, -0.2) is 81.8 Å². The van der Waals surface area contributed by atoms with Crippen LogP contribution in [-0.2, 0) is 25.6 Å². The first-order valence-corrected chi connectivity index (χ1v) is 16.4. The molecule has 0 bridgehead atoms. The lowest BCUT2D eigenvalue weighted by Crippen LogP contribution is -2.75. The maximum Gasteiger partial charge on any atom is 0.354 e. The second-order valence-corrected chi connectivity index (χ2v) is 14.4. The maximum atomic E-state index is 13.3. The number of β-lactam (4-membered cyclic amide) rings is 1. The topological polar surface area (TPSA) is 213 Å². The predicted molar refractivity (Wildman–Crippen MR) is 171 cm³/mol. The molecule has 1 aliphatic carbocycles. The lowest BCUT2D eigenvalue weighted by molar-refractivity contribution is -0.178. The second kappa shape index (κ2) is 11.8. The molecule has 8 N–H and O–H groups in total. The number of carbonyl (C=O) groups excluding carboxylic acids is 2. The Morgan fingerprint density at radius 3 is 2.57 bits per heavy atom. The van der Waals surface area contributed by atoms with Gasteiger partial charge in [0.25, 0.3) is 11.5 Å². The number of carbonyl (C=O) groups is 3. The molecule has 2 amide bonds. The third-order valence-corrected chi connectivity index (χ3v) is 10.4. The number of ether oxygens (including phenoxy) is 1. The highest BCUT2D eigenvalue weighted by Crippen LogP contribution is 2.39. The van der Waals surface area contributed by atoms with Gasteiger partial charge in [0.2, 0.25) is 5.91 Å². The summed E-state index contributed by atoms with van der Waals surface area (Å²) in [6.07, 6.45) is 4.23. The van der Waals surface area contributed by atoms with E-state index in [1.165, 1.54) is 25.1 Å². The van der Waals surface area contributed by atoms with Crippen molar-refractivity contribution < 1.29 is 29.1 Å². The van der Waals surface area contributed by atoms with E-state index in [0.717, 1.165) is 48.4 Å². The summed E-state index contributed by atoms with van der Waals surface area (Å²) in [7, 11) is 0. The number of aliphatic carboxylic acids is 1. The third kappa shape index (κ3) is 6.00. The summed E-state index contributed by atoms with van der Waals surface area (Å²) in [5.74, 6) is -1.60. The molecule has 2 aromatic rings. The largest absolute Gasteiger partial charge is 0.485 e. The number of carboxylic acid groups (broad SMARTS) is 1. The Hall–Kier alpha value is -4.24. The molecule has 2 saturated heterocycles. The Kier molecular flexibility index (Phi) is 8.17. The van der Waals surface area contributed by atoms with Gasteiger partial charge in [-0.2, -0.15) is 0 Å². The van der Waals surface area contributed by atoms with Crippen molar-refractivity contribution in [2.45, 2.75) is 88.6 Å². The molecule has 3 fully saturated rings. The van der Waals surface area contributed by atoms with E-state index in [1.807, 2.05) is 6.07 Å². The van der Waals surface area contributed by atoms with Gasteiger partial charge in [-0.15, -0.1) is 11.3 Å². The van der Waals surface area contributed by atoms with Crippen LogP contribution in [0.1, 0.15) is 69.7 Å². The number of thiazole rings is 1. The first-order valence-electron chi connectivity index (χ1n) is 15.5. The number of aryl methyl sites for hydroxylation is 1. The minimum atomic E-state index is -1.99. The molecule has 4 aliphatic rings. The van der Waals surface area contributed by atoms with E-state index >= 15 is 0 Å². The minimum Gasteiger partial charge on any atom is -0.485 e. The Balaban J connectivity index is 1.15. The summed E-state index contributed by atoms with van der Waals surface area (Å²) >= 11 is 1.07. The number of benzene rings is 1. The number of hydrogen-bond donors (Lipinski definition) is 7. The quantitative estimate of drug-likeness (QED) is 0.0898. The van der Waals surface area contributed by atoms with Crippen molar-refractivity contribution in [2.75, 3.05) is 18.8 Å². The molecule has 0 radical (unpaired) electrons. The van der Waals surface area contributed by atoms with E-state index in [4.69, 9.17) is 20.7 Å². The molecule has 246 valence electrons. The van der Waals surface area contributed by atoms with Crippen LogP contribution in [0.3, 0.4) is 0 Å². The fourth-order valence-electron chi connectivity index (χ4n) is 6.56. The zero-order valence-electron chi connectivity index (χ0n) is 26.1. The summed E-state index contributed by atoms with van der Waals surface area (Å²) in [5.41, 5.74) is 4.94. The average Bonchev–Trinajstić information content (AvgIpc) is 3.44. The molecule has 6 rings (SSSR count). The summed E-state index contributed by atoms with van der Waals surface area (Å²) < 4.78 is 6.16. The summed E-state index contributed by atoms with van der Waals surface area (Å²) in [4.78, 5) is 47.8. The molecular weight excluding hydrogens is 612 g/mol. The lowest BCUT2D eigenvalue weighted by Gasteiger charge is -2.47. The number of nitrogens with one attached hydrogen (secondary N) is 5. The van der Waals surface area contributed by atoms with Crippen molar-refractivity contribution in [1.29, 1.82) is 5.41 Å². The normalized spacial score (nSPS) is 24.6. The Morgan fingerprint density at radius 2 is 1.98 bits per heavy atom. The Labute approximate surface area is 270 Å². The van der Waals surface area contributed by atoms with Crippen molar-refractivity contribution >= 4 is 45.8 Å². The van der Waals surface area contributed by atoms with Gasteiger partial charge in [0.05, 0.1) is 5.54 Å². The van der Waals surface area contributed by atoms with Gasteiger partial charge in [-0.25, -0.2) is 9.78 Å². The van der Waals surface area contributed by atoms with Gasteiger partial charge in [-0.1, -0.05) is 5.16 Å². The predicted octanol–water partition coefficient (Wildman–Crippen LogP) is 1.52. The number of carboxylic acids is 1. The molecule has 1 spiro atoms. The standard InChI is InChI=1S/C31H40N8O6S/c1-29(2)23(26(41)38-29)37-25(40)22(19-13-46-28(33)36-19)39-45-30(3,27(42)43)21-7-5-16-12-17(4-6-20(16)44-21)24(32)35-18-8-10-31(11-9-18)14-34-15-31/h4,6,12-13,18,21,23,34H,5,7-11,14-15H2,1-3H3,(H2,32,35)(H2,33,36)(H,37,40)(H,38,41)(H,42,43)/b39-22-/t21-,23-,30+/m1/s1. The third-order valence-electron chi connectivity index (χ3n) is 9.74. The number of nitrogens with zero attached hydrogens (tertiary/aromatic N) is 2. The number of oxime groups is 1. The Bertz CT molecular complexity index is 1590. The summed E-state index contributed by atoms with van der Waals surface area (Å²) in [6, 6.07) is 4.89. The fraction of sp³-hybridized carbons (Fsp3) is 0.548. The number of fused-ring (bicyclic) bond motifs is 1. The van der Waals surface area contributed by atoms with Crippen LogP contribution in [0.2, 0.25) is 0 Å². The Morgan fingerprint density at radius 1 is 1.24 bits per heavy atom.